The maximum atomic E-state index is 12.7. The highest BCUT2D eigenvalue weighted by Crippen LogP contribution is 2.20. The Morgan fingerprint density at radius 3 is 2.23 bits per heavy atom. The zero-order valence-corrected chi connectivity index (χ0v) is 20.8. The van der Waals surface area contributed by atoms with E-state index in [1.54, 1.807) is 12.1 Å². The lowest BCUT2D eigenvalue weighted by molar-refractivity contribution is 0.0950. The van der Waals surface area contributed by atoms with Gasteiger partial charge >= 0.3 is 0 Å². The van der Waals surface area contributed by atoms with E-state index in [4.69, 9.17) is 0 Å². The molecule has 0 spiro atoms. The Balaban J connectivity index is 1.42. The van der Waals surface area contributed by atoms with Gasteiger partial charge in [-0.25, -0.2) is 8.42 Å². The van der Waals surface area contributed by atoms with Crippen molar-refractivity contribution in [3.8, 4) is 0 Å². The molecular weight excluding hydrogens is 460 g/mol. The van der Waals surface area contributed by atoms with Gasteiger partial charge in [0.2, 0.25) is 0 Å². The maximum absolute atomic E-state index is 12.7. The largest absolute Gasteiger partial charge is 0.348 e. The van der Waals surface area contributed by atoms with Crippen molar-refractivity contribution in [1.29, 1.82) is 0 Å². The summed E-state index contributed by atoms with van der Waals surface area (Å²) >= 11 is 0. The van der Waals surface area contributed by atoms with Gasteiger partial charge in [-0.2, -0.15) is 5.10 Å². The number of aromatic nitrogens is 2. The first-order valence-electron chi connectivity index (χ1n) is 11.3. The molecule has 0 aliphatic heterocycles. The van der Waals surface area contributed by atoms with E-state index in [9.17, 15) is 13.2 Å². The molecule has 0 unspecified atom stereocenters. The van der Waals surface area contributed by atoms with Gasteiger partial charge in [0.15, 0.2) is 0 Å². The molecule has 0 atom stereocenters. The van der Waals surface area contributed by atoms with Crippen LogP contribution in [0, 0.1) is 20.8 Å². The summed E-state index contributed by atoms with van der Waals surface area (Å²) in [6.07, 6.45) is 0. The molecule has 0 radical (unpaired) electrons. The van der Waals surface area contributed by atoms with Gasteiger partial charge in [-0.05, 0) is 62.2 Å². The quantitative estimate of drug-likeness (QED) is 0.379. The predicted molar refractivity (Wildman–Crippen MR) is 137 cm³/mol. The van der Waals surface area contributed by atoms with Gasteiger partial charge in [0.1, 0.15) is 0 Å². The average Bonchev–Trinajstić information content (AvgIpc) is 3.11. The summed E-state index contributed by atoms with van der Waals surface area (Å²) in [7, 11) is -3.76. The van der Waals surface area contributed by atoms with E-state index in [0.29, 0.717) is 24.3 Å². The highest BCUT2D eigenvalue weighted by molar-refractivity contribution is 7.92. The molecule has 4 rings (SSSR count). The average molecular weight is 489 g/mol. The molecule has 0 fully saturated rings. The van der Waals surface area contributed by atoms with Crippen molar-refractivity contribution in [1.82, 2.24) is 15.1 Å². The molecule has 0 bridgehead atoms. The highest BCUT2D eigenvalue weighted by atomic mass is 32.2. The number of aryl methyl sites for hydroxylation is 2. The number of para-hydroxylation sites is 1. The van der Waals surface area contributed by atoms with Crippen molar-refractivity contribution in [3.63, 3.8) is 0 Å². The summed E-state index contributed by atoms with van der Waals surface area (Å²) < 4.78 is 30.0. The van der Waals surface area contributed by atoms with Gasteiger partial charge in [0, 0.05) is 23.4 Å². The normalized spacial score (nSPS) is 11.3. The van der Waals surface area contributed by atoms with E-state index >= 15 is 0 Å². The standard InChI is InChI=1S/C27H28N4O3S/c1-19-9-7-8-12-26(19)30-35(33,34)24-15-13-23(14-16-24)27(32)28-17-25-20(2)29-31(21(25)3)18-22-10-5-4-6-11-22/h4-16,30H,17-18H2,1-3H3,(H,28,32). The molecule has 8 heteroatoms. The Hall–Kier alpha value is -3.91. The number of sulfonamides is 1. The second-order valence-corrected chi connectivity index (χ2v) is 10.1. The van der Waals surface area contributed by atoms with Crippen LogP contribution in [0.3, 0.4) is 0 Å². The van der Waals surface area contributed by atoms with E-state index < -0.39 is 10.0 Å². The molecule has 35 heavy (non-hydrogen) atoms. The number of rotatable bonds is 8. The lowest BCUT2D eigenvalue weighted by atomic mass is 10.1. The molecule has 0 saturated carbocycles. The summed E-state index contributed by atoms with van der Waals surface area (Å²) in [4.78, 5) is 12.8. The number of hydrogen-bond acceptors (Lipinski definition) is 4. The number of carbonyl (C=O) groups is 1. The van der Waals surface area contributed by atoms with Gasteiger partial charge in [0.05, 0.1) is 22.8 Å². The van der Waals surface area contributed by atoms with E-state index in [2.05, 4.69) is 27.3 Å². The lowest BCUT2D eigenvalue weighted by Crippen LogP contribution is -2.23. The number of nitrogens with one attached hydrogen (secondary N) is 2. The zero-order valence-electron chi connectivity index (χ0n) is 19.9. The third kappa shape index (κ3) is 5.60. The van der Waals surface area contributed by atoms with Crippen LogP contribution in [0.5, 0.6) is 0 Å². The molecule has 1 aromatic heterocycles. The van der Waals surface area contributed by atoms with Crippen molar-refractivity contribution in [3.05, 3.63) is 113 Å². The molecule has 7 nitrogen and oxygen atoms in total. The van der Waals surface area contributed by atoms with Gasteiger partial charge in [-0.15, -0.1) is 0 Å². The topological polar surface area (TPSA) is 93.1 Å². The van der Waals surface area contributed by atoms with Crippen molar-refractivity contribution in [2.24, 2.45) is 0 Å². The molecule has 2 N–H and O–H groups in total. The maximum Gasteiger partial charge on any atom is 0.261 e. The Bertz CT molecular complexity index is 1440. The number of amides is 1. The van der Waals surface area contributed by atoms with Crippen molar-refractivity contribution < 1.29 is 13.2 Å². The minimum atomic E-state index is -3.76. The van der Waals surface area contributed by atoms with Crippen LogP contribution in [0.25, 0.3) is 0 Å². The fourth-order valence-corrected chi connectivity index (χ4v) is 4.98. The zero-order chi connectivity index (χ0) is 25.0. The first-order chi connectivity index (χ1) is 16.7. The first-order valence-corrected chi connectivity index (χ1v) is 12.8. The van der Waals surface area contributed by atoms with Gasteiger partial charge < -0.3 is 5.32 Å². The van der Waals surface area contributed by atoms with E-state index in [0.717, 1.165) is 28.1 Å². The summed E-state index contributed by atoms with van der Waals surface area (Å²) in [5.41, 5.74) is 5.71. The minimum Gasteiger partial charge on any atom is -0.348 e. The third-order valence-corrected chi connectivity index (χ3v) is 7.33. The number of benzene rings is 3. The SMILES string of the molecule is Cc1ccccc1NS(=O)(=O)c1ccc(C(=O)NCc2c(C)nn(Cc3ccccc3)c2C)cc1. The van der Waals surface area contributed by atoms with Crippen LogP contribution in [0.2, 0.25) is 0 Å². The monoisotopic (exact) mass is 488 g/mol. The van der Waals surface area contributed by atoms with Crippen molar-refractivity contribution in [2.75, 3.05) is 4.72 Å². The number of anilines is 1. The van der Waals surface area contributed by atoms with Crippen LogP contribution in [0.1, 0.15) is 38.4 Å². The molecule has 4 aromatic rings. The Morgan fingerprint density at radius 2 is 1.54 bits per heavy atom. The van der Waals surface area contributed by atoms with Crippen molar-refractivity contribution >= 4 is 21.6 Å². The fraction of sp³-hybridized carbons (Fsp3) is 0.185. The molecule has 3 aromatic carbocycles. The molecule has 180 valence electrons. The summed E-state index contributed by atoms with van der Waals surface area (Å²) in [5, 5.41) is 7.55. The minimum absolute atomic E-state index is 0.0891. The second-order valence-electron chi connectivity index (χ2n) is 8.42. The van der Waals surface area contributed by atoms with Crippen molar-refractivity contribution in [2.45, 2.75) is 38.8 Å². The Labute approximate surface area is 205 Å². The molecule has 0 aliphatic rings. The van der Waals surface area contributed by atoms with Crippen LogP contribution < -0.4 is 10.0 Å². The Kier molecular flexibility index (Phi) is 7.02. The van der Waals surface area contributed by atoms with Crippen LogP contribution in [0.15, 0.2) is 83.8 Å². The third-order valence-electron chi connectivity index (χ3n) is 5.95. The van der Waals surface area contributed by atoms with Crippen LogP contribution in [0.4, 0.5) is 5.69 Å². The van der Waals surface area contributed by atoms with Crippen LogP contribution >= 0.6 is 0 Å². The summed E-state index contributed by atoms with van der Waals surface area (Å²) in [5.74, 6) is -0.282. The van der Waals surface area contributed by atoms with Gasteiger partial charge in [-0.1, -0.05) is 48.5 Å². The molecule has 0 aliphatic carbocycles. The van der Waals surface area contributed by atoms with E-state index in [1.807, 2.05) is 55.8 Å². The summed E-state index contributed by atoms with van der Waals surface area (Å²) in [6, 6.07) is 23.1. The second kappa shape index (κ2) is 10.1. The lowest BCUT2D eigenvalue weighted by Gasteiger charge is -2.11. The molecule has 1 amide bonds. The van der Waals surface area contributed by atoms with E-state index in [-0.39, 0.29) is 10.8 Å². The predicted octanol–water partition coefficient (Wildman–Crippen LogP) is 4.59. The van der Waals surface area contributed by atoms with Gasteiger partial charge in [-0.3, -0.25) is 14.2 Å². The van der Waals surface area contributed by atoms with Crippen LogP contribution in [-0.2, 0) is 23.1 Å². The van der Waals surface area contributed by atoms with Crippen LogP contribution in [-0.4, -0.2) is 24.1 Å². The fourth-order valence-electron chi connectivity index (χ4n) is 3.85. The Morgan fingerprint density at radius 1 is 0.886 bits per heavy atom. The highest BCUT2D eigenvalue weighted by Gasteiger charge is 2.17. The number of nitrogens with zero attached hydrogens (tertiary/aromatic N) is 2. The smallest absolute Gasteiger partial charge is 0.261 e. The molecule has 1 heterocycles. The molecule has 0 saturated heterocycles. The number of hydrogen-bond donors (Lipinski definition) is 2. The number of carbonyl (C=O) groups excluding carboxylic acids is 1. The first kappa shape index (κ1) is 24.2. The van der Waals surface area contributed by atoms with E-state index in [1.165, 1.54) is 24.3 Å². The molecular formula is C27H28N4O3S. The van der Waals surface area contributed by atoms with Gasteiger partial charge in [0.25, 0.3) is 15.9 Å². The summed E-state index contributed by atoms with van der Waals surface area (Å²) in [6.45, 7) is 6.75.